The van der Waals surface area contributed by atoms with E-state index in [2.05, 4.69) is 4.98 Å². The lowest BCUT2D eigenvalue weighted by molar-refractivity contribution is -0.384. The molecule has 1 fully saturated rings. The third-order valence-electron chi connectivity index (χ3n) is 3.54. The average Bonchev–Trinajstić information content (AvgIpc) is 2.63. The molecule has 0 bridgehead atoms. The second-order valence-corrected chi connectivity index (χ2v) is 5.07. The lowest BCUT2D eigenvalue weighted by Gasteiger charge is -2.22. The van der Waals surface area contributed by atoms with Gasteiger partial charge in [-0.2, -0.15) is 0 Å². The Kier molecular flexibility index (Phi) is 4.69. The van der Waals surface area contributed by atoms with Crippen molar-refractivity contribution in [3.05, 3.63) is 27.9 Å². The third-order valence-corrected chi connectivity index (χ3v) is 3.54. The van der Waals surface area contributed by atoms with Crippen molar-refractivity contribution >= 4 is 17.5 Å². The van der Waals surface area contributed by atoms with E-state index in [9.17, 15) is 14.9 Å². The van der Waals surface area contributed by atoms with Crippen LogP contribution in [0.15, 0.2) is 12.3 Å². The SMILES string of the molecule is Cc1ccnc(N2CCCN(CC(=O)O)CC2)c1[N+](=O)[O-]. The first kappa shape index (κ1) is 15.2. The molecule has 2 heterocycles. The molecule has 0 unspecified atom stereocenters. The molecule has 0 spiro atoms. The average molecular weight is 294 g/mol. The van der Waals surface area contributed by atoms with E-state index in [0.29, 0.717) is 37.6 Å². The fourth-order valence-electron chi connectivity index (χ4n) is 2.53. The van der Waals surface area contributed by atoms with E-state index >= 15 is 0 Å². The van der Waals surface area contributed by atoms with Crippen LogP contribution in [0.5, 0.6) is 0 Å². The van der Waals surface area contributed by atoms with Crippen molar-refractivity contribution in [2.75, 3.05) is 37.6 Å². The predicted molar refractivity (Wildman–Crippen MR) is 76.5 cm³/mol. The van der Waals surface area contributed by atoms with Crippen molar-refractivity contribution in [1.29, 1.82) is 0 Å². The van der Waals surface area contributed by atoms with E-state index < -0.39 is 10.9 Å². The van der Waals surface area contributed by atoms with Crippen molar-refractivity contribution in [3.63, 3.8) is 0 Å². The maximum atomic E-state index is 11.2. The lowest BCUT2D eigenvalue weighted by Crippen LogP contribution is -2.34. The molecule has 1 aromatic rings. The number of aromatic nitrogens is 1. The van der Waals surface area contributed by atoms with Gasteiger partial charge in [0.25, 0.3) is 0 Å². The van der Waals surface area contributed by atoms with Gasteiger partial charge in [-0.15, -0.1) is 0 Å². The van der Waals surface area contributed by atoms with Gasteiger partial charge in [-0.3, -0.25) is 19.8 Å². The van der Waals surface area contributed by atoms with Gasteiger partial charge in [0.15, 0.2) is 0 Å². The summed E-state index contributed by atoms with van der Waals surface area (Å²) in [5, 5.41) is 20.1. The first-order valence-corrected chi connectivity index (χ1v) is 6.78. The van der Waals surface area contributed by atoms with Gasteiger partial charge in [0.1, 0.15) is 0 Å². The number of hydrogen-bond acceptors (Lipinski definition) is 6. The molecule has 2 rings (SSSR count). The van der Waals surface area contributed by atoms with Gasteiger partial charge in [-0.1, -0.05) is 0 Å². The normalized spacial score (nSPS) is 16.5. The molecule has 0 amide bonds. The van der Waals surface area contributed by atoms with Gasteiger partial charge in [0.2, 0.25) is 5.82 Å². The fourth-order valence-corrected chi connectivity index (χ4v) is 2.53. The smallest absolute Gasteiger partial charge is 0.317 e. The zero-order chi connectivity index (χ0) is 15.4. The molecule has 8 nitrogen and oxygen atoms in total. The standard InChI is InChI=1S/C13H18N4O4/c1-10-3-4-14-13(12(10)17(20)21)16-6-2-5-15(7-8-16)9-11(18)19/h3-4H,2,5-9H2,1H3,(H,18,19). The van der Waals surface area contributed by atoms with E-state index in [4.69, 9.17) is 5.11 Å². The Balaban J connectivity index is 2.18. The second-order valence-electron chi connectivity index (χ2n) is 5.07. The second kappa shape index (κ2) is 6.49. The number of carbonyl (C=O) groups is 1. The maximum Gasteiger partial charge on any atom is 0.317 e. The molecule has 1 aliphatic rings. The van der Waals surface area contributed by atoms with Crippen molar-refractivity contribution in [2.24, 2.45) is 0 Å². The number of anilines is 1. The first-order chi connectivity index (χ1) is 9.99. The van der Waals surface area contributed by atoms with Crippen LogP contribution in [0.1, 0.15) is 12.0 Å². The van der Waals surface area contributed by atoms with Crippen molar-refractivity contribution in [1.82, 2.24) is 9.88 Å². The van der Waals surface area contributed by atoms with Gasteiger partial charge in [-0.05, 0) is 19.4 Å². The number of carboxylic acid groups (broad SMARTS) is 1. The first-order valence-electron chi connectivity index (χ1n) is 6.78. The summed E-state index contributed by atoms with van der Waals surface area (Å²) in [6.45, 7) is 4.08. The predicted octanol–water partition coefficient (Wildman–Crippen LogP) is 0.895. The summed E-state index contributed by atoms with van der Waals surface area (Å²) in [6.07, 6.45) is 2.32. The van der Waals surface area contributed by atoms with Crippen LogP contribution in [0.3, 0.4) is 0 Å². The van der Waals surface area contributed by atoms with Crippen molar-refractivity contribution < 1.29 is 14.8 Å². The summed E-state index contributed by atoms with van der Waals surface area (Å²) in [5.74, 6) is -0.486. The summed E-state index contributed by atoms with van der Waals surface area (Å²) in [5.41, 5.74) is 0.612. The quantitative estimate of drug-likeness (QED) is 0.650. The van der Waals surface area contributed by atoms with Crippen LogP contribution in [0.2, 0.25) is 0 Å². The molecule has 21 heavy (non-hydrogen) atoms. The van der Waals surface area contributed by atoms with Gasteiger partial charge in [-0.25, -0.2) is 4.98 Å². The monoisotopic (exact) mass is 294 g/mol. The van der Waals surface area contributed by atoms with Gasteiger partial charge < -0.3 is 10.0 Å². The van der Waals surface area contributed by atoms with Crippen molar-refractivity contribution in [3.8, 4) is 0 Å². The molecular formula is C13H18N4O4. The number of aryl methyl sites for hydroxylation is 1. The molecule has 1 N–H and O–H groups in total. The minimum atomic E-state index is -0.858. The lowest BCUT2D eigenvalue weighted by atomic mass is 10.2. The van der Waals surface area contributed by atoms with Crippen LogP contribution in [-0.2, 0) is 4.79 Å². The molecule has 1 aliphatic heterocycles. The fraction of sp³-hybridized carbons (Fsp3) is 0.538. The number of aliphatic carboxylic acids is 1. The minimum Gasteiger partial charge on any atom is -0.480 e. The van der Waals surface area contributed by atoms with E-state index in [1.807, 2.05) is 9.80 Å². The van der Waals surface area contributed by atoms with Crippen LogP contribution in [0.4, 0.5) is 11.5 Å². The molecule has 0 aliphatic carbocycles. The van der Waals surface area contributed by atoms with E-state index in [1.54, 1.807) is 19.2 Å². The van der Waals surface area contributed by atoms with Gasteiger partial charge in [0.05, 0.1) is 11.5 Å². The molecule has 114 valence electrons. The van der Waals surface area contributed by atoms with Crippen LogP contribution in [0, 0.1) is 17.0 Å². The number of rotatable bonds is 4. The molecule has 0 atom stereocenters. The zero-order valence-electron chi connectivity index (χ0n) is 11.9. The van der Waals surface area contributed by atoms with Crippen LogP contribution < -0.4 is 4.90 Å². The number of nitrogens with zero attached hydrogens (tertiary/aromatic N) is 4. The Bertz CT molecular complexity index is 549. The van der Waals surface area contributed by atoms with E-state index in [0.717, 1.165) is 6.42 Å². The largest absolute Gasteiger partial charge is 0.480 e. The summed E-state index contributed by atoms with van der Waals surface area (Å²) < 4.78 is 0. The molecule has 8 heteroatoms. The van der Waals surface area contributed by atoms with Gasteiger partial charge in [0, 0.05) is 37.9 Å². The van der Waals surface area contributed by atoms with Crippen molar-refractivity contribution in [2.45, 2.75) is 13.3 Å². The summed E-state index contributed by atoms with van der Waals surface area (Å²) in [6, 6.07) is 1.62. The zero-order valence-corrected chi connectivity index (χ0v) is 11.9. The summed E-state index contributed by atoms with van der Waals surface area (Å²) >= 11 is 0. The molecule has 1 aromatic heterocycles. The topological polar surface area (TPSA) is 99.8 Å². The van der Waals surface area contributed by atoms with Gasteiger partial charge >= 0.3 is 11.7 Å². The Hall–Kier alpha value is -2.22. The number of hydrogen-bond donors (Lipinski definition) is 1. The highest BCUT2D eigenvalue weighted by Gasteiger charge is 2.25. The minimum absolute atomic E-state index is 0.00280. The Morgan fingerprint density at radius 3 is 2.86 bits per heavy atom. The number of nitro groups is 1. The van der Waals surface area contributed by atoms with Crippen LogP contribution in [-0.4, -0.2) is 58.6 Å². The van der Waals surface area contributed by atoms with Crippen LogP contribution >= 0.6 is 0 Å². The Morgan fingerprint density at radius 1 is 1.43 bits per heavy atom. The van der Waals surface area contributed by atoms with Crippen LogP contribution in [0.25, 0.3) is 0 Å². The molecule has 0 radical (unpaired) electrons. The summed E-state index contributed by atoms with van der Waals surface area (Å²) in [4.78, 5) is 29.5. The highest BCUT2D eigenvalue weighted by atomic mass is 16.6. The highest BCUT2D eigenvalue weighted by Crippen LogP contribution is 2.29. The molecule has 0 saturated carbocycles. The molecule has 0 aromatic carbocycles. The third kappa shape index (κ3) is 3.66. The number of pyridine rings is 1. The Morgan fingerprint density at radius 2 is 2.19 bits per heavy atom. The number of carboxylic acids is 1. The molecule has 1 saturated heterocycles. The summed E-state index contributed by atoms with van der Waals surface area (Å²) in [7, 11) is 0. The Labute approximate surface area is 122 Å². The van der Waals surface area contributed by atoms with E-state index in [1.165, 1.54) is 0 Å². The highest BCUT2D eigenvalue weighted by molar-refractivity contribution is 5.69. The molecular weight excluding hydrogens is 276 g/mol. The van der Waals surface area contributed by atoms with E-state index in [-0.39, 0.29) is 12.2 Å². The maximum absolute atomic E-state index is 11.2.